The highest BCUT2D eigenvalue weighted by Gasteiger charge is 2.36. The summed E-state index contributed by atoms with van der Waals surface area (Å²) in [6, 6.07) is 21.6. The van der Waals surface area contributed by atoms with Crippen molar-refractivity contribution in [2.45, 2.75) is 76.7 Å². The lowest BCUT2D eigenvalue weighted by molar-refractivity contribution is -0.141. The van der Waals surface area contributed by atoms with E-state index in [1.54, 1.807) is 48.5 Å². The molecule has 10 N–H and O–H groups in total. The number of nitrogens with one attached hydrogen (secondary N) is 4. The Morgan fingerprint density at radius 3 is 2.05 bits per heavy atom. The Morgan fingerprint density at radius 2 is 1.45 bits per heavy atom. The van der Waals surface area contributed by atoms with Crippen LogP contribution in [0.2, 0.25) is 0 Å². The number of unbranched alkanes of at least 4 members (excludes halogenated alkanes) is 1. The van der Waals surface area contributed by atoms with Crippen LogP contribution in [0.4, 0.5) is 0 Å². The number of carbonyl (C=O) groups is 5. The van der Waals surface area contributed by atoms with Gasteiger partial charge in [-0.3, -0.25) is 24.0 Å². The van der Waals surface area contributed by atoms with E-state index in [1.807, 2.05) is 18.2 Å². The number of fused-ring (bicyclic) bond motifs is 5. The van der Waals surface area contributed by atoms with Gasteiger partial charge in [-0.15, -0.1) is 0 Å². The highest BCUT2D eigenvalue weighted by Crippen LogP contribution is 2.40. The van der Waals surface area contributed by atoms with Gasteiger partial charge in [0.25, 0.3) is 5.91 Å². The molecule has 0 aliphatic carbocycles. The number of ether oxygens (including phenoxy) is 2. The molecule has 1 aliphatic rings. The van der Waals surface area contributed by atoms with Crippen LogP contribution in [0.3, 0.4) is 0 Å². The Balaban J connectivity index is 1.52. The van der Waals surface area contributed by atoms with E-state index >= 15 is 0 Å². The number of carbonyl (C=O) groups excluding carboxylic acids is 5. The van der Waals surface area contributed by atoms with Gasteiger partial charge in [0.15, 0.2) is 0 Å². The fraction of sp³-hybridized carbons (Fsp3) is 0.375. The Bertz CT molecular complexity index is 2310. The SMILES string of the molecule is CCCCc1ccc(-c2ccc(C(=O)N[C@@H](CN)C(=O)N(C)[C@@H]3C(=O)N[C@@H](C)C(=O)N[C@H](C(=O)N[C@@H](C)C#N)Cc4ccc(OCCN)c(c4)-c4cc3ccc4OCCN)cc2)cc1. The largest absolute Gasteiger partial charge is 0.492 e. The van der Waals surface area contributed by atoms with E-state index in [9.17, 15) is 29.2 Å². The van der Waals surface area contributed by atoms with Crippen LogP contribution < -0.4 is 47.9 Å². The lowest BCUT2D eigenvalue weighted by Gasteiger charge is -2.32. The van der Waals surface area contributed by atoms with Crippen LogP contribution in [0.15, 0.2) is 84.9 Å². The zero-order chi connectivity index (χ0) is 46.3. The van der Waals surface area contributed by atoms with E-state index in [4.69, 9.17) is 26.7 Å². The lowest BCUT2D eigenvalue weighted by atomic mass is 9.93. The average Bonchev–Trinajstić information content (AvgIpc) is 3.30. The standard InChI is InChI=1S/C48H59N9O7/c1-5-6-7-31-8-11-33(12-9-31)34-13-15-35(16-14-34)45(59)56-40(28-52)48(62)57(4)43-36-17-19-42(64-23-21-50)38(26-36)37-24-32(10-18-41(37)63-22-20-49)25-39(46(60)53-29(2)27-51)55-44(58)30(3)54-47(43)61/h8-19,24,26,29-30,39-40,43H,5-7,20-23,25,28,49-50,52H2,1-4H3,(H,53,60)(H,54,61)(H,55,58)(H,56,59)/t29-,30-,39-,40-,43-/m0/s1. The summed E-state index contributed by atoms with van der Waals surface area (Å²) in [7, 11) is 1.41. The molecule has 0 spiro atoms. The second-order valence-electron chi connectivity index (χ2n) is 15.7. The summed E-state index contributed by atoms with van der Waals surface area (Å²) in [6.45, 7) is 5.50. The molecule has 16 nitrogen and oxygen atoms in total. The highest BCUT2D eigenvalue weighted by atomic mass is 16.5. The predicted octanol–water partition coefficient (Wildman–Crippen LogP) is 2.87. The smallest absolute Gasteiger partial charge is 0.251 e. The van der Waals surface area contributed by atoms with Gasteiger partial charge in [-0.25, -0.2) is 0 Å². The maximum atomic E-state index is 14.5. The third kappa shape index (κ3) is 12.2. The minimum Gasteiger partial charge on any atom is -0.492 e. The molecule has 1 heterocycles. The number of hydrogen-bond donors (Lipinski definition) is 7. The van der Waals surface area contributed by atoms with E-state index in [2.05, 4.69) is 52.5 Å². The van der Waals surface area contributed by atoms with Crippen LogP contribution in [0.1, 0.15) is 66.7 Å². The molecule has 16 heteroatoms. The van der Waals surface area contributed by atoms with E-state index < -0.39 is 59.7 Å². The first-order valence-electron chi connectivity index (χ1n) is 21.5. The quantitative estimate of drug-likeness (QED) is 0.0812. The average molecular weight is 874 g/mol. The third-order valence-corrected chi connectivity index (χ3v) is 10.9. The number of nitrogens with two attached hydrogens (primary N) is 3. The van der Waals surface area contributed by atoms with Crippen molar-refractivity contribution in [3.63, 3.8) is 0 Å². The fourth-order valence-corrected chi connectivity index (χ4v) is 7.32. The van der Waals surface area contributed by atoms with Crippen molar-refractivity contribution in [1.82, 2.24) is 26.2 Å². The van der Waals surface area contributed by atoms with Crippen molar-refractivity contribution >= 4 is 29.5 Å². The molecule has 0 unspecified atom stereocenters. The van der Waals surface area contributed by atoms with Crippen molar-refractivity contribution in [1.29, 1.82) is 5.26 Å². The molecular formula is C48H59N9O7. The zero-order valence-corrected chi connectivity index (χ0v) is 36.8. The molecule has 0 aromatic heterocycles. The van der Waals surface area contributed by atoms with Crippen molar-refractivity contribution in [3.05, 3.63) is 107 Å². The maximum absolute atomic E-state index is 14.5. The fourth-order valence-electron chi connectivity index (χ4n) is 7.32. The topological polar surface area (TPSA) is 257 Å². The van der Waals surface area contributed by atoms with Gasteiger partial charge in [0.2, 0.25) is 23.6 Å². The van der Waals surface area contributed by atoms with Gasteiger partial charge in [0, 0.05) is 49.8 Å². The molecule has 5 atom stereocenters. The van der Waals surface area contributed by atoms with Gasteiger partial charge < -0.3 is 52.8 Å². The third-order valence-electron chi connectivity index (χ3n) is 10.9. The Hall–Kier alpha value is -6.80. The van der Waals surface area contributed by atoms with Crippen LogP contribution in [0.5, 0.6) is 11.5 Å². The molecule has 4 bridgehead atoms. The summed E-state index contributed by atoms with van der Waals surface area (Å²) in [5.41, 5.74) is 23.2. The molecule has 4 aromatic rings. The van der Waals surface area contributed by atoms with Gasteiger partial charge in [0.1, 0.15) is 54.9 Å². The molecule has 64 heavy (non-hydrogen) atoms. The van der Waals surface area contributed by atoms with E-state index in [-0.39, 0.29) is 39.3 Å². The number of rotatable bonds is 17. The lowest BCUT2D eigenvalue weighted by Crippen LogP contribution is -2.57. The Kier molecular flexibility index (Phi) is 17.4. The molecule has 0 radical (unpaired) electrons. The van der Waals surface area contributed by atoms with Crippen LogP contribution in [0.25, 0.3) is 22.3 Å². The van der Waals surface area contributed by atoms with Crippen molar-refractivity contribution in [2.24, 2.45) is 17.2 Å². The minimum absolute atomic E-state index is 0.00241. The number of nitrogens with zero attached hydrogens (tertiary/aromatic N) is 2. The van der Waals surface area contributed by atoms with Gasteiger partial charge in [-0.1, -0.05) is 61.9 Å². The second kappa shape index (κ2) is 23.0. The molecule has 4 aromatic carbocycles. The normalized spacial score (nSPS) is 17.0. The predicted molar refractivity (Wildman–Crippen MR) is 244 cm³/mol. The van der Waals surface area contributed by atoms with Crippen LogP contribution in [-0.2, 0) is 32.0 Å². The van der Waals surface area contributed by atoms with Crippen molar-refractivity contribution < 1.29 is 33.4 Å². The summed E-state index contributed by atoms with van der Waals surface area (Å²) in [5.74, 6) is -2.51. The Morgan fingerprint density at radius 1 is 0.844 bits per heavy atom. The molecule has 0 fully saturated rings. The van der Waals surface area contributed by atoms with Crippen LogP contribution >= 0.6 is 0 Å². The number of benzene rings is 4. The number of aryl methyl sites for hydroxylation is 1. The van der Waals surface area contributed by atoms with Gasteiger partial charge in [0.05, 0.1) is 6.07 Å². The zero-order valence-electron chi connectivity index (χ0n) is 36.8. The summed E-state index contributed by atoms with van der Waals surface area (Å²) in [5, 5.41) is 20.2. The van der Waals surface area contributed by atoms with Crippen molar-refractivity contribution in [3.8, 4) is 39.8 Å². The molecule has 0 saturated carbocycles. The van der Waals surface area contributed by atoms with Gasteiger partial charge in [-0.2, -0.15) is 5.26 Å². The minimum atomic E-state index is -1.39. The molecule has 5 amide bonds. The van der Waals surface area contributed by atoms with E-state index in [0.29, 0.717) is 39.3 Å². The summed E-state index contributed by atoms with van der Waals surface area (Å²) < 4.78 is 12.2. The first-order chi connectivity index (χ1) is 30.8. The number of likely N-dealkylation sites (N-methyl/N-ethyl adjacent to an activating group) is 1. The number of hydrogen-bond acceptors (Lipinski definition) is 11. The molecular weight excluding hydrogens is 815 g/mol. The number of amides is 5. The first-order valence-corrected chi connectivity index (χ1v) is 21.5. The van der Waals surface area contributed by atoms with Gasteiger partial charge in [-0.05, 0) is 90.9 Å². The summed E-state index contributed by atoms with van der Waals surface area (Å²) >= 11 is 0. The molecule has 1 aliphatic heterocycles. The monoisotopic (exact) mass is 873 g/mol. The maximum Gasteiger partial charge on any atom is 0.251 e. The first kappa shape index (κ1) is 48.2. The van der Waals surface area contributed by atoms with Crippen LogP contribution in [-0.4, -0.2) is 98.5 Å². The molecule has 0 saturated heterocycles. The number of nitriles is 1. The summed E-state index contributed by atoms with van der Waals surface area (Å²) in [6.07, 6.45) is 3.25. The Labute approximate surface area is 374 Å². The van der Waals surface area contributed by atoms with Crippen molar-refractivity contribution in [2.75, 3.05) is 39.9 Å². The molecule has 338 valence electrons. The van der Waals surface area contributed by atoms with E-state index in [0.717, 1.165) is 35.3 Å². The van der Waals surface area contributed by atoms with E-state index in [1.165, 1.54) is 26.5 Å². The molecule has 5 rings (SSSR count). The summed E-state index contributed by atoms with van der Waals surface area (Å²) in [4.78, 5) is 70.9. The van der Waals surface area contributed by atoms with Gasteiger partial charge >= 0.3 is 0 Å². The highest BCUT2D eigenvalue weighted by molar-refractivity contribution is 6.00. The van der Waals surface area contributed by atoms with Crippen LogP contribution in [0, 0.1) is 11.3 Å². The second-order valence-corrected chi connectivity index (χ2v) is 15.7.